The molecule has 2 rings (SSSR count). The molecule has 1 saturated heterocycles. The smallest absolute Gasteiger partial charge is 0.407 e. The van der Waals surface area contributed by atoms with Crippen LogP contribution in [-0.2, 0) is 41.8 Å². The van der Waals surface area contributed by atoms with Crippen molar-refractivity contribution in [1.82, 2.24) is 24.6 Å². The molecule has 1 heterocycles. The zero-order valence-electron chi connectivity index (χ0n) is 28.2. The summed E-state index contributed by atoms with van der Waals surface area (Å²) in [6, 6.07) is 4.23. The molecular weight excluding hydrogens is 630 g/mol. The van der Waals surface area contributed by atoms with Gasteiger partial charge in [0.2, 0.25) is 5.91 Å². The summed E-state index contributed by atoms with van der Waals surface area (Å²) in [6.07, 6.45) is 3.50. The molecule has 15 heteroatoms. The summed E-state index contributed by atoms with van der Waals surface area (Å²) in [5.74, 6) is -0.690. The van der Waals surface area contributed by atoms with E-state index in [2.05, 4.69) is 15.4 Å². The van der Waals surface area contributed by atoms with E-state index in [4.69, 9.17) is 14.2 Å². The molecule has 1 aliphatic heterocycles. The number of amides is 3. The number of likely N-dealkylation sites (N-methyl/N-ethyl adjacent to an activating group) is 1. The van der Waals surface area contributed by atoms with Crippen LogP contribution in [0.25, 0.3) is 0 Å². The summed E-state index contributed by atoms with van der Waals surface area (Å²) in [5.41, 5.74) is 0.596. The molecule has 3 N–H and O–H groups in total. The largest absolute Gasteiger partial charge is 0.579 e. The number of aldehydes is 2. The Morgan fingerprint density at radius 3 is 2.40 bits per heavy atom. The number of benzene rings is 1. The number of carbonyl (C=O) groups is 5. The van der Waals surface area contributed by atoms with Crippen LogP contribution in [0.2, 0.25) is 0 Å². The second-order valence-corrected chi connectivity index (χ2v) is 13.5. The van der Waals surface area contributed by atoms with E-state index < -0.39 is 35.2 Å². The molecule has 3 amide bonds. The molecule has 1 aromatic rings. The zero-order chi connectivity index (χ0) is 34.8. The predicted octanol–water partition coefficient (Wildman–Crippen LogP) is 1.79. The van der Waals surface area contributed by atoms with Gasteiger partial charge in [-0.1, -0.05) is 18.2 Å². The molecule has 0 radical (unpaired) electrons. The molecule has 2 atom stereocenters. The highest BCUT2D eigenvalue weighted by Crippen LogP contribution is 2.20. The topological polar surface area (TPSA) is 179 Å². The first-order valence-corrected chi connectivity index (χ1v) is 17.1. The van der Waals surface area contributed by atoms with E-state index in [-0.39, 0.29) is 35.9 Å². The fourth-order valence-corrected chi connectivity index (χ4v) is 5.87. The minimum atomic E-state index is -1.35. The van der Waals surface area contributed by atoms with Crippen LogP contribution < -0.4 is 15.4 Å². The second kappa shape index (κ2) is 21.0. The quantitative estimate of drug-likeness (QED) is 0.104. The number of ether oxygens (including phenoxy) is 3. The molecule has 0 aromatic heterocycles. The summed E-state index contributed by atoms with van der Waals surface area (Å²) in [4.78, 5) is 61.6. The molecule has 1 fully saturated rings. The SMILES string of the molecule is CNC(=O)CCC(C=O)N(C)C(=O)c1c(C=O)cccc1CCCOCCOCCN[S+]([O-])N1CCC(NC(=O)OC(C)(C)C)CC1. The number of carbonyl (C=O) groups excluding carboxylic acids is 5. The molecule has 0 bridgehead atoms. The second-order valence-electron chi connectivity index (χ2n) is 12.2. The normalized spacial score (nSPS) is 15.4. The predicted molar refractivity (Wildman–Crippen MR) is 177 cm³/mol. The third kappa shape index (κ3) is 14.7. The van der Waals surface area contributed by atoms with Crippen molar-refractivity contribution in [2.75, 3.05) is 60.2 Å². The highest BCUT2D eigenvalue weighted by molar-refractivity contribution is 7.87. The van der Waals surface area contributed by atoms with Crippen molar-refractivity contribution in [3.8, 4) is 0 Å². The van der Waals surface area contributed by atoms with E-state index in [1.807, 2.05) is 25.1 Å². The van der Waals surface area contributed by atoms with Gasteiger partial charge in [-0.25, -0.2) is 4.79 Å². The number of alkyl carbamates (subject to hydrolysis) is 1. The summed E-state index contributed by atoms with van der Waals surface area (Å²) >= 11 is -1.35. The molecule has 0 aliphatic carbocycles. The Balaban J connectivity index is 1.65. The summed E-state index contributed by atoms with van der Waals surface area (Å²) in [7, 11) is 2.99. The maximum Gasteiger partial charge on any atom is 0.407 e. The lowest BCUT2D eigenvalue weighted by atomic mass is 9.96. The number of piperidine rings is 1. The first-order valence-electron chi connectivity index (χ1n) is 16.0. The monoisotopic (exact) mass is 681 g/mol. The molecule has 0 saturated carbocycles. The van der Waals surface area contributed by atoms with Crippen LogP contribution in [-0.4, -0.2) is 122 Å². The van der Waals surface area contributed by atoms with Gasteiger partial charge >= 0.3 is 6.09 Å². The maximum absolute atomic E-state index is 13.4. The Hall–Kier alpha value is -3.08. The number of nitrogens with zero attached hydrogens (tertiary/aromatic N) is 2. The molecule has 1 aliphatic rings. The molecule has 2 unspecified atom stereocenters. The Labute approximate surface area is 281 Å². The Morgan fingerprint density at radius 2 is 1.79 bits per heavy atom. The van der Waals surface area contributed by atoms with Crippen molar-refractivity contribution in [2.24, 2.45) is 0 Å². The highest BCUT2D eigenvalue weighted by Gasteiger charge is 2.29. The highest BCUT2D eigenvalue weighted by atomic mass is 32.2. The van der Waals surface area contributed by atoms with Gasteiger partial charge < -0.3 is 39.1 Å². The maximum atomic E-state index is 13.4. The Bertz CT molecular complexity index is 1160. The van der Waals surface area contributed by atoms with E-state index >= 15 is 0 Å². The first-order chi connectivity index (χ1) is 22.4. The van der Waals surface area contributed by atoms with Crippen molar-refractivity contribution < 1.29 is 42.7 Å². The minimum absolute atomic E-state index is 0.0115. The average molecular weight is 682 g/mol. The van der Waals surface area contributed by atoms with E-state index in [1.165, 1.54) is 19.0 Å². The van der Waals surface area contributed by atoms with Gasteiger partial charge in [0.1, 0.15) is 23.4 Å². The Morgan fingerprint density at radius 1 is 1.11 bits per heavy atom. The van der Waals surface area contributed by atoms with Crippen LogP contribution in [0, 0.1) is 0 Å². The van der Waals surface area contributed by atoms with Crippen molar-refractivity contribution >= 4 is 42.0 Å². The van der Waals surface area contributed by atoms with E-state index in [1.54, 1.807) is 18.2 Å². The van der Waals surface area contributed by atoms with Crippen molar-refractivity contribution in [2.45, 2.75) is 77.0 Å². The van der Waals surface area contributed by atoms with Gasteiger partial charge in [-0.3, -0.25) is 14.4 Å². The van der Waals surface area contributed by atoms with Crippen LogP contribution >= 0.6 is 0 Å². The van der Waals surface area contributed by atoms with Gasteiger partial charge in [0.15, 0.2) is 6.29 Å². The minimum Gasteiger partial charge on any atom is -0.579 e. The van der Waals surface area contributed by atoms with Gasteiger partial charge in [-0.15, -0.1) is 9.03 Å². The average Bonchev–Trinajstić information content (AvgIpc) is 3.04. The van der Waals surface area contributed by atoms with Gasteiger partial charge in [-0.2, -0.15) is 0 Å². The van der Waals surface area contributed by atoms with Crippen LogP contribution in [0.15, 0.2) is 18.2 Å². The fraction of sp³-hybridized carbons (Fsp3) is 0.656. The number of nitrogens with one attached hydrogen (secondary N) is 3. The lowest BCUT2D eigenvalue weighted by Crippen LogP contribution is -2.50. The number of hydrogen-bond acceptors (Lipinski definition) is 11. The number of rotatable bonds is 20. The standard InChI is InChI=1S/C32H51N5O9S/c1-32(2,3)46-31(42)35-26-13-16-37(17-14-26)47(43)34-15-19-45-21-20-44-18-7-10-24-8-6-9-25(22-38)29(24)30(41)36(5)27(23-39)11-12-28(40)33-4/h6,8-9,22-23,26-27,34H,7,10-21H2,1-5H3,(H,33,40)(H,35,42). The van der Waals surface area contributed by atoms with E-state index in [0.29, 0.717) is 89.9 Å². The summed E-state index contributed by atoms with van der Waals surface area (Å²) < 4.78 is 33.9. The fourth-order valence-electron chi connectivity index (χ4n) is 4.89. The molecular formula is C32H51N5O9S. The van der Waals surface area contributed by atoms with E-state index in [9.17, 15) is 28.5 Å². The lowest BCUT2D eigenvalue weighted by molar-refractivity contribution is -0.121. The van der Waals surface area contributed by atoms with Crippen LogP contribution in [0.5, 0.6) is 0 Å². The van der Waals surface area contributed by atoms with Crippen molar-refractivity contribution in [3.63, 3.8) is 0 Å². The lowest BCUT2D eigenvalue weighted by Gasteiger charge is -2.32. The van der Waals surface area contributed by atoms with Gasteiger partial charge in [0.05, 0.1) is 38.0 Å². The third-order valence-electron chi connectivity index (χ3n) is 7.43. The number of hydrogen-bond donors (Lipinski definition) is 3. The van der Waals surface area contributed by atoms with Crippen molar-refractivity contribution in [3.05, 3.63) is 34.9 Å². The first kappa shape index (κ1) is 40.1. The van der Waals surface area contributed by atoms with Crippen LogP contribution in [0.1, 0.15) is 79.2 Å². The van der Waals surface area contributed by atoms with Gasteiger partial charge in [0, 0.05) is 51.8 Å². The third-order valence-corrected chi connectivity index (χ3v) is 8.72. The molecule has 264 valence electrons. The van der Waals surface area contributed by atoms with E-state index in [0.717, 1.165) is 0 Å². The zero-order valence-corrected chi connectivity index (χ0v) is 29.0. The molecule has 1 aromatic carbocycles. The van der Waals surface area contributed by atoms with Crippen LogP contribution in [0.4, 0.5) is 4.79 Å². The molecule has 47 heavy (non-hydrogen) atoms. The molecule has 14 nitrogen and oxygen atoms in total. The van der Waals surface area contributed by atoms with Gasteiger partial charge in [-0.05, 0) is 58.4 Å². The van der Waals surface area contributed by atoms with Gasteiger partial charge in [0.25, 0.3) is 5.91 Å². The summed E-state index contributed by atoms with van der Waals surface area (Å²) in [6.45, 7) is 8.49. The Kier molecular flexibility index (Phi) is 17.9. The van der Waals surface area contributed by atoms with Crippen molar-refractivity contribution in [1.29, 1.82) is 0 Å². The van der Waals surface area contributed by atoms with Crippen LogP contribution in [0.3, 0.4) is 0 Å². The number of aryl methyl sites for hydroxylation is 1. The summed E-state index contributed by atoms with van der Waals surface area (Å²) in [5, 5.41) is 5.36. The molecule has 0 spiro atoms.